The SMILES string of the molecule is C[C@@H]1CCc2[nH]c3c(C(=O)OCC(=O)N4CCCC4=O)cccc3c2C1. The Kier molecular flexibility index (Phi) is 4.26. The standard InChI is InChI=1S/C20H22N2O4/c1-12-7-8-16-15(10-12)13-4-2-5-14(19(13)21-16)20(25)26-11-18(24)22-9-3-6-17(22)23/h2,4-5,12,21H,3,6-11H2,1H3/t12-/m1/s1. The van der Waals surface area contributed by atoms with Gasteiger partial charge in [-0.25, -0.2) is 4.79 Å². The van der Waals surface area contributed by atoms with Crippen molar-refractivity contribution in [3.05, 3.63) is 35.0 Å². The maximum atomic E-state index is 12.5. The average molecular weight is 354 g/mol. The van der Waals surface area contributed by atoms with Gasteiger partial charge in [-0.2, -0.15) is 0 Å². The molecule has 2 aromatic rings. The largest absolute Gasteiger partial charge is 0.452 e. The van der Waals surface area contributed by atoms with Gasteiger partial charge in [0.05, 0.1) is 11.1 Å². The van der Waals surface area contributed by atoms with Crippen LogP contribution in [0.3, 0.4) is 0 Å². The van der Waals surface area contributed by atoms with Crippen molar-refractivity contribution in [2.24, 2.45) is 5.92 Å². The zero-order chi connectivity index (χ0) is 18.3. The van der Waals surface area contributed by atoms with Crippen LogP contribution < -0.4 is 0 Å². The van der Waals surface area contributed by atoms with Gasteiger partial charge in [0.1, 0.15) is 0 Å². The molecule has 6 heteroatoms. The number of ether oxygens (including phenoxy) is 1. The molecule has 0 radical (unpaired) electrons. The first-order chi connectivity index (χ1) is 12.5. The molecule has 136 valence electrons. The quantitative estimate of drug-likeness (QED) is 0.859. The molecule has 0 spiro atoms. The Bertz CT molecular complexity index is 899. The summed E-state index contributed by atoms with van der Waals surface area (Å²) in [7, 11) is 0. The lowest BCUT2D eigenvalue weighted by atomic mass is 9.87. The molecule has 1 N–H and O–H groups in total. The van der Waals surface area contributed by atoms with Gasteiger partial charge >= 0.3 is 5.97 Å². The highest BCUT2D eigenvalue weighted by Gasteiger charge is 2.28. The Morgan fingerprint density at radius 1 is 1.31 bits per heavy atom. The molecule has 2 aliphatic rings. The summed E-state index contributed by atoms with van der Waals surface area (Å²) in [5, 5.41) is 1.06. The fourth-order valence-electron chi connectivity index (χ4n) is 3.98. The third-order valence-electron chi connectivity index (χ3n) is 5.39. The first-order valence-corrected chi connectivity index (χ1v) is 9.17. The number of amides is 2. The van der Waals surface area contributed by atoms with E-state index >= 15 is 0 Å². The number of rotatable bonds is 3. The number of nitrogens with one attached hydrogen (secondary N) is 1. The number of imide groups is 1. The number of esters is 1. The Labute approximate surface area is 151 Å². The number of hydrogen-bond donors (Lipinski definition) is 1. The monoisotopic (exact) mass is 354 g/mol. The number of aromatic amines is 1. The maximum absolute atomic E-state index is 12.5. The first kappa shape index (κ1) is 16.8. The van der Waals surface area contributed by atoms with E-state index in [4.69, 9.17) is 4.74 Å². The van der Waals surface area contributed by atoms with Crippen molar-refractivity contribution in [2.45, 2.75) is 39.0 Å². The predicted octanol–water partition coefficient (Wildman–Crippen LogP) is 2.60. The molecule has 6 nitrogen and oxygen atoms in total. The van der Waals surface area contributed by atoms with Crippen molar-refractivity contribution in [2.75, 3.05) is 13.2 Å². The second-order valence-electron chi connectivity index (χ2n) is 7.28. The molecule has 2 heterocycles. The normalized spacial score (nSPS) is 19.7. The summed E-state index contributed by atoms with van der Waals surface area (Å²) < 4.78 is 5.21. The van der Waals surface area contributed by atoms with Crippen LogP contribution in [-0.4, -0.2) is 40.8 Å². The van der Waals surface area contributed by atoms with E-state index in [1.165, 1.54) is 16.2 Å². The van der Waals surface area contributed by atoms with Crippen LogP contribution in [0.25, 0.3) is 10.9 Å². The van der Waals surface area contributed by atoms with Crippen molar-refractivity contribution in [1.29, 1.82) is 0 Å². The summed E-state index contributed by atoms with van der Waals surface area (Å²) in [6.45, 7) is 2.25. The number of likely N-dealkylation sites (tertiary alicyclic amines) is 1. The van der Waals surface area contributed by atoms with Gasteiger partial charge in [0.25, 0.3) is 5.91 Å². The van der Waals surface area contributed by atoms with Crippen molar-refractivity contribution in [1.82, 2.24) is 9.88 Å². The number of aromatic nitrogens is 1. The van der Waals surface area contributed by atoms with Crippen LogP contribution in [0.2, 0.25) is 0 Å². The lowest BCUT2D eigenvalue weighted by Crippen LogP contribution is -2.35. The Morgan fingerprint density at radius 3 is 2.92 bits per heavy atom. The van der Waals surface area contributed by atoms with Crippen LogP contribution in [0.5, 0.6) is 0 Å². The summed E-state index contributed by atoms with van der Waals surface area (Å²) in [6.07, 6.45) is 4.17. The van der Waals surface area contributed by atoms with E-state index in [9.17, 15) is 14.4 Å². The second-order valence-corrected chi connectivity index (χ2v) is 7.28. The van der Waals surface area contributed by atoms with E-state index in [2.05, 4.69) is 11.9 Å². The molecule has 0 unspecified atom stereocenters. The zero-order valence-electron chi connectivity index (χ0n) is 14.8. The van der Waals surface area contributed by atoms with Gasteiger partial charge in [0, 0.05) is 24.0 Å². The molecule has 2 amide bonds. The molecule has 1 atom stereocenters. The summed E-state index contributed by atoms with van der Waals surface area (Å²) in [6, 6.07) is 5.58. The fourth-order valence-corrected chi connectivity index (χ4v) is 3.98. The van der Waals surface area contributed by atoms with Gasteiger partial charge in [-0.05, 0) is 43.2 Å². The molecule has 0 bridgehead atoms. The molecule has 4 rings (SSSR count). The molecule has 0 saturated carbocycles. The Balaban J connectivity index is 1.54. The summed E-state index contributed by atoms with van der Waals surface area (Å²) >= 11 is 0. The molecule has 1 aliphatic heterocycles. The highest BCUT2D eigenvalue weighted by Crippen LogP contribution is 2.33. The number of para-hydroxylation sites is 1. The Morgan fingerprint density at radius 2 is 2.15 bits per heavy atom. The number of benzene rings is 1. The van der Waals surface area contributed by atoms with Crippen LogP contribution in [0.1, 0.15) is 47.8 Å². The number of H-pyrrole nitrogens is 1. The molecule has 26 heavy (non-hydrogen) atoms. The summed E-state index contributed by atoms with van der Waals surface area (Å²) in [5.41, 5.74) is 3.69. The van der Waals surface area contributed by atoms with E-state index in [1.54, 1.807) is 6.07 Å². The molecule has 1 saturated heterocycles. The molecular formula is C20H22N2O4. The van der Waals surface area contributed by atoms with Crippen molar-refractivity contribution >= 4 is 28.7 Å². The number of nitrogens with zero attached hydrogens (tertiary/aromatic N) is 1. The number of aryl methyl sites for hydroxylation is 1. The van der Waals surface area contributed by atoms with Crippen LogP contribution in [-0.2, 0) is 27.2 Å². The Hall–Kier alpha value is -2.63. The smallest absolute Gasteiger partial charge is 0.340 e. The number of carbonyl (C=O) groups is 3. The van der Waals surface area contributed by atoms with Crippen molar-refractivity contribution in [3.63, 3.8) is 0 Å². The van der Waals surface area contributed by atoms with Gasteiger partial charge in [0.2, 0.25) is 5.91 Å². The lowest BCUT2D eigenvalue weighted by molar-refractivity contribution is -0.143. The lowest BCUT2D eigenvalue weighted by Gasteiger charge is -2.17. The van der Waals surface area contributed by atoms with Gasteiger partial charge in [-0.1, -0.05) is 19.1 Å². The minimum Gasteiger partial charge on any atom is -0.452 e. The van der Waals surface area contributed by atoms with E-state index in [1.807, 2.05) is 12.1 Å². The number of carbonyl (C=O) groups excluding carboxylic acids is 3. The summed E-state index contributed by atoms with van der Waals surface area (Å²) in [4.78, 5) is 40.8. The van der Waals surface area contributed by atoms with E-state index in [0.717, 1.165) is 30.2 Å². The van der Waals surface area contributed by atoms with Crippen LogP contribution in [0, 0.1) is 5.92 Å². The molecule has 1 aromatic heterocycles. The summed E-state index contributed by atoms with van der Waals surface area (Å²) in [5.74, 6) is -0.554. The third kappa shape index (κ3) is 2.89. The van der Waals surface area contributed by atoms with Gasteiger partial charge in [-0.3, -0.25) is 14.5 Å². The number of hydrogen-bond acceptors (Lipinski definition) is 4. The highest BCUT2D eigenvalue weighted by molar-refractivity contribution is 6.05. The minimum absolute atomic E-state index is 0.195. The third-order valence-corrected chi connectivity index (χ3v) is 5.39. The van der Waals surface area contributed by atoms with Crippen LogP contribution in [0.15, 0.2) is 18.2 Å². The molecular weight excluding hydrogens is 332 g/mol. The van der Waals surface area contributed by atoms with E-state index < -0.39 is 18.5 Å². The minimum atomic E-state index is -0.540. The molecule has 1 aromatic carbocycles. The zero-order valence-corrected chi connectivity index (χ0v) is 14.8. The maximum Gasteiger partial charge on any atom is 0.340 e. The topological polar surface area (TPSA) is 79.5 Å². The first-order valence-electron chi connectivity index (χ1n) is 9.17. The van der Waals surface area contributed by atoms with Crippen LogP contribution in [0.4, 0.5) is 0 Å². The van der Waals surface area contributed by atoms with Gasteiger partial charge in [-0.15, -0.1) is 0 Å². The van der Waals surface area contributed by atoms with Crippen molar-refractivity contribution in [3.8, 4) is 0 Å². The average Bonchev–Trinajstić information content (AvgIpc) is 3.22. The highest BCUT2D eigenvalue weighted by atomic mass is 16.5. The fraction of sp³-hybridized carbons (Fsp3) is 0.450. The van der Waals surface area contributed by atoms with E-state index in [0.29, 0.717) is 30.9 Å². The van der Waals surface area contributed by atoms with Crippen molar-refractivity contribution < 1.29 is 19.1 Å². The number of fused-ring (bicyclic) bond motifs is 3. The predicted molar refractivity (Wildman–Crippen MR) is 95.7 cm³/mol. The van der Waals surface area contributed by atoms with Gasteiger partial charge < -0.3 is 9.72 Å². The van der Waals surface area contributed by atoms with Crippen LogP contribution >= 0.6 is 0 Å². The molecule has 1 aliphatic carbocycles. The van der Waals surface area contributed by atoms with E-state index in [-0.39, 0.29) is 5.91 Å². The second kappa shape index (κ2) is 6.59. The molecule has 1 fully saturated rings. The van der Waals surface area contributed by atoms with Gasteiger partial charge in [0.15, 0.2) is 6.61 Å².